The summed E-state index contributed by atoms with van der Waals surface area (Å²) in [5.41, 5.74) is 0.950. The molecule has 1 saturated heterocycles. The Bertz CT molecular complexity index is 975. The lowest BCUT2D eigenvalue weighted by Gasteiger charge is -2.22. The molecule has 1 aliphatic rings. The number of nitrogens with zero attached hydrogens (tertiary/aromatic N) is 2. The van der Waals surface area contributed by atoms with Crippen molar-refractivity contribution >= 4 is 31.9 Å². The molecule has 0 aliphatic carbocycles. The van der Waals surface area contributed by atoms with E-state index >= 15 is 0 Å². The van der Waals surface area contributed by atoms with Gasteiger partial charge < -0.3 is 4.90 Å². The number of amides is 1. The van der Waals surface area contributed by atoms with E-state index in [9.17, 15) is 17.6 Å². The van der Waals surface area contributed by atoms with E-state index in [1.807, 2.05) is 6.92 Å². The molecule has 2 aromatic carbocycles. The van der Waals surface area contributed by atoms with Crippen LogP contribution in [0.25, 0.3) is 0 Å². The van der Waals surface area contributed by atoms with Crippen molar-refractivity contribution < 1.29 is 17.6 Å². The van der Waals surface area contributed by atoms with Crippen LogP contribution in [0.3, 0.4) is 0 Å². The summed E-state index contributed by atoms with van der Waals surface area (Å²) in [6.07, 6.45) is 1.69. The molecule has 0 spiro atoms. The predicted molar refractivity (Wildman–Crippen MR) is 109 cm³/mol. The summed E-state index contributed by atoms with van der Waals surface area (Å²) in [6, 6.07) is 10.6. The van der Waals surface area contributed by atoms with E-state index in [0.717, 1.165) is 12.8 Å². The molecule has 1 aliphatic heterocycles. The average molecular weight is 469 g/mol. The van der Waals surface area contributed by atoms with Crippen LogP contribution in [0.2, 0.25) is 0 Å². The van der Waals surface area contributed by atoms with E-state index < -0.39 is 10.0 Å². The first-order valence-electron chi connectivity index (χ1n) is 9.16. The molecule has 0 atom stereocenters. The minimum atomic E-state index is -3.62. The van der Waals surface area contributed by atoms with Gasteiger partial charge in [-0.3, -0.25) is 4.79 Å². The number of benzene rings is 2. The van der Waals surface area contributed by atoms with Crippen LogP contribution in [-0.2, 0) is 16.6 Å². The minimum absolute atomic E-state index is 0.114. The number of rotatable bonds is 6. The third kappa shape index (κ3) is 4.45. The number of carbonyl (C=O) groups excluding carboxylic acids is 1. The SMILES string of the molecule is CCN(Cc1cccc(F)c1)C(=O)c1cc(S(=O)(=O)N2CCCC2)ccc1Br. The van der Waals surface area contributed by atoms with E-state index in [2.05, 4.69) is 15.9 Å². The third-order valence-corrected chi connectivity index (χ3v) is 7.39. The Morgan fingerprint density at radius 3 is 2.54 bits per heavy atom. The molecule has 5 nitrogen and oxygen atoms in total. The Morgan fingerprint density at radius 1 is 1.18 bits per heavy atom. The molecule has 1 amide bonds. The van der Waals surface area contributed by atoms with Crippen LogP contribution >= 0.6 is 15.9 Å². The molecular weight excluding hydrogens is 447 g/mol. The average Bonchev–Trinajstić information content (AvgIpc) is 3.21. The highest BCUT2D eigenvalue weighted by Crippen LogP contribution is 2.27. The maximum Gasteiger partial charge on any atom is 0.255 e. The molecule has 8 heteroatoms. The number of carbonyl (C=O) groups is 1. The molecule has 0 saturated carbocycles. The van der Waals surface area contributed by atoms with Gasteiger partial charge in [-0.25, -0.2) is 12.8 Å². The lowest BCUT2D eigenvalue weighted by atomic mass is 10.1. The number of hydrogen-bond donors (Lipinski definition) is 0. The lowest BCUT2D eigenvalue weighted by molar-refractivity contribution is 0.0751. The number of halogens is 2. The summed E-state index contributed by atoms with van der Waals surface area (Å²) in [4.78, 5) is 14.8. The largest absolute Gasteiger partial charge is 0.335 e. The van der Waals surface area contributed by atoms with Crippen molar-refractivity contribution in [3.05, 3.63) is 63.9 Å². The minimum Gasteiger partial charge on any atom is -0.335 e. The topological polar surface area (TPSA) is 57.7 Å². The maximum absolute atomic E-state index is 13.5. The highest BCUT2D eigenvalue weighted by Gasteiger charge is 2.29. The van der Waals surface area contributed by atoms with E-state index in [-0.39, 0.29) is 28.7 Å². The van der Waals surface area contributed by atoms with Crippen molar-refractivity contribution in [1.82, 2.24) is 9.21 Å². The molecule has 1 fully saturated rings. The maximum atomic E-state index is 13.5. The Morgan fingerprint density at radius 2 is 1.89 bits per heavy atom. The lowest BCUT2D eigenvalue weighted by Crippen LogP contribution is -2.31. The van der Waals surface area contributed by atoms with Crippen molar-refractivity contribution in [1.29, 1.82) is 0 Å². The second kappa shape index (κ2) is 8.71. The van der Waals surface area contributed by atoms with Crippen molar-refractivity contribution in [3.8, 4) is 0 Å². The fraction of sp³-hybridized carbons (Fsp3) is 0.350. The first kappa shape index (κ1) is 21.0. The molecule has 150 valence electrons. The Hall–Kier alpha value is -1.77. The van der Waals surface area contributed by atoms with E-state index in [1.54, 1.807) is 23.1 Å². The first-order valence-corrected chi connectivity index (χ1v) is 11.4. The molecule has 0 unspecified atom stereocenters. The summed E-state index contributed by atoms with van der Waals surface area (Å²) in [6.45, 7) is 3.48. The summed E-state index contributed by atoms with van der Waals surface area (Å²) in [5.74, 6) is -0.669. The zero-order valence-electron chi connectivity index (χ0n) is 15.6. The number of sulfonamides is 1. The molecule has 3 rings (SSSR count). The van der Waals surface area contributed by atoms with Gasteiger partial charge in [0.15, 0.2) is 0 Å². The van der Waals surface area contributed by atoms with Crippen molar-refractivity contribution in [2.24, 2.45) is 0 Å². The summed E-state index contributed by atoms with van der Waals surface area (Å²) in [7, 11) is -3.62. The molecule has 28 heavy (non-hydrogen) atoms. The van der Waals surface area contributed by atoms with Gasteiger partial charge in [-0.05, 0) is 71.6 Å². The van der Waals surface area contributed by atoms with Gasteiger partial charge in [-0.15, -0.1) is 0 Å². The highest BCUT2D eigenvalue weighted by molar-refractivity contribution is 9.10. The van der Waals surface area contributed by atoms with Gasteiger partial charge in [0.05, 0.1) is 10.5 Å². The van der Waals surface area contributed by atoms with Crippen molar-refractivity contribution in [3.63, 3.8) is 0 Å². The van der Waals surface area contributed by atoms with Gasteiger partial charge in [0.2, 0.25) is 10.0 Å². The van der Waals surface area contributed by atoms with Gasteiger partial charge in [0, 0.05) is 30.7 Å². The first-order chi connectivity index (χ1) is 13.3. The van der Waals surface area contributed by atoms with Crippen molar-refractivity contribution in [2.75, 3.05) is 19.6 Å². The number of hydrogen-bond acceptors (Lipinski definition) is 3. The van der Waals surface area contributed by atoms with Crippen LogP contribution in [0.4, 0.5) is 4.39 Å². The Labute approximate surface area is 173 Å². The standard InChI is InChI=1S/C20H22BrFN2O3S/c1-2-23(14-15-6-5-7-16(22)12-15)20(25)18-13-17(8-9-19(18)21)28(26,27)24-10-3-4-11-24/h5-9,12-13H,2-4,10-11,14H2,1H3. The summed E-state index contributed by atoms with van der Waals surface area (Å²) < 4.78 is 41.1. The molecule has 0 N–H and O–H groups in total. The van der Waals surface area contributed by atoms with E-state index in [4.69, 9.17) is 0 Å². The molecule has 0 radical (unpaired) electrons. The van der Waals surface area contributed by atoms with Crippen LogP contribution in [0.15, 0.2) is 51.8 Å². The van der Waals surface area contributed by atoms with Crippen LogP contribution in [0.5, 0.6) is 0 Å². The zero-order chi connectivity index (χ0) is 20.3. The quantitative estimate of drug-likeness (QED) is 0.642. The molecular formula is C20H22BrFN2O3S. The summed E-state index contributed by atoms with van der Waals surface area (Å²) in [5, 5.41) is 0. The van der Waals surface area contributed by atoms with Crippen molar-refractivity contribution in [2.45, 2.75) is 31.2 Å². The fourth-order valence-electron chi connectivity index (χ4n) is 3.26. The van der Waals surface area contributed by atoms with Gasteiger partial charge in [0.25, 0.3) is 5.91 Å². The van der Waals surface area contributed by atoms with E-state index in [0.29, 0.717) is 29.7 Å². The van der Waals surface area contributed by atoms with E-state index in [1.165, 1.54) is 28.6 Å². The fourth-order valence-corrected chi connectivity index (χ4v) is 5.22. The smallest absolute Gasteiger partial charge is 0.255 e. The predicted octanol–water partition coefficient (Wildman–Crippen LogP) is 4.04. The van der Waals surface area contributed by atoms with Gasteiger partial charge >= 0.3 is 0 Å². The van der Waals surface area contributed by atoms with Crippen LogP contribution < -0.4 is 0 Å². The van der Waals surface area contributed by atoms with Crippen LogP contribution in [-0.4, -0.2) is 43.2 Å². The molecule has 0 aromatic heterocycles. The van der Waals surface area contributed by atoms with Gasteiger partial charge in [-0.2, -0.15) is 4.31 Å². The Kier molecular flexibility index (Phi) is 6.52. The van der Waals surface area contributed by atoms with Crippen LogP contribution in [0, 0.1) is 5.82 Å². The second-order valence-corrected chi connectivity index (χ2v) is 9.49. The monoisotopic (exact) mass is 468 g/mol. The van der Waals surface area contributed by atoms with Crippen LogP contribution in [0.1, 0.15) is 35.7 Å². The highest BCUT2D eigenvalue weighted by atomic mass is 79.9. The zero-order valence-corrected chi connectivity index (χ0v) is 18.0. The molecule has 0 bridgehead atoms. The molecule has 1 heterocycles. The second-order valence-electron chi connectivity index (χ2n) is 6.70. The van der Waals surface area contributed by atoms with Gasteiger partial charge in [0.1, 0.15) is 5.82 Å². The normalized spacial score (nSPS) is 15.0. The third-order valence-electron chi connectivity index (χ3n) is 4.80. The summed E-state index contributed by atoms with van der Waals surface area (Å²) >= 11 is 3.36. The molecule has 2 aromatic rings. The Balaban J connectivity index is 1.89. The van der Waals surface area contributed by atoms with Gasteiger partial charge in [-0.1, -0.05) is 12.1 Å².